The minimum Gasteiger partial charge on any atom is -0.351 e. The predicted molar refractivity (Wildman–Crippen MR) is 107 cm³/mol. The van der Waals surface area contributed by atoms with Crippen molar-refractivity contribution in [1.29, 1.82) is 0 Å². The predicted octanol–water partition coefficient (Wildman–Crippen LogP) is 1.72. The van der Waals surface area contributed by atoms with E-state index in [1.54, 1.807) is 0 Å². The number of carbonyl (C=O) groups is 1. The average Bonchev–Trinajstić information content (AvgIpc) is 3.17. The van der Waals surface area contributed by atoms with Crippen molar-refractivity contribution in [2.75, 3.05) is 32.7 Å². The van der Waals surface area contributed by atoms with Gasteiger partial charge in [-0.3, -0.25) is 14.6 Å². The Balaban J connectivity index is 1.18. The summed E-state index contributed by atoms with van der Waals surface area (Å²) in [5, 5.41) is 6.43. The summed E-state index contributed by atoms with van der Waals surface area (Å²) in [6.07, 6.45) is 0. The first-order chi connectivity index (χ1) is 13.3. The zero-order valence-corrected chi connectivity index (χ0v) is 15.8. The number of nitrogens with one attached hydrogen (secondary N) is 2. The lowest BCUT2D eigenvalue weighted by atomic mass is 10.1. The van der Waals surface area contributed by atoms with Gasteiger partial charge >= 0.3 is 0 Å². The number of benzene rings is 2. The third-order valence-electron chi connectivity index (χ3n) is 5.47. The van der Waals surface area contributed by atoms with Crippen LogP contribution in [0, 0.1) is 0 Å². The second kappa shape index (κ2) is 8.65. The van der Waals surface area contributed by atoms with E-state index in [4.69, 9.17) is 0 Å². The van der Waals surface area contributed by atoms with Crippen molar-refractivity contribution in [3.8, 4) is 0 Å². The molecule has 0 radical (unpaired) electrons. The summed E-state index contributed by atoms with van der Waals surface area (Å²) in [5.41, 5.74) is 5.27. The molecule has 5 nitrogen and oxygen atoms in total. The van der Waals surface area contributed by atoms with Crippen LogP contribution in [-0.4, -0.2) is 48.4 Å². The highest BCUT2D eigenvalue weighted by Crippen LogP contribution is 2.17. The summed E-state index contributed by atoms with van der Waals surface area (Å²) in [4.78, 5) is 17.0. The number of rotatable bonds is 6. The van der Waals surface area contributed by atoms with Gasteiger partial charge in [0.05, 0.1) is 6.54 Å². The minimum absolute atomic E-state index is 0.116. The lowest BCUT2D eigenvalue weighted by molar-refractivity contribution is -0.122. The fraction of sp³-hybridized carbons (Fsp3) is 0.409. The third kappa shape index (κ3) is 4.95. The smallest absolute Gasteiger partial charge is 0.234 e. The first-order valence-corrected chi connectivity index (χ1v) is 9.83. The van der Waals surface area contributed by atoms with Crippen molar-refractivity contribution in [3.05, 3.63) is 70.8 Å². The van der Waals surface area contributed by atoms with Gasteiger partial charge in [0.1, 0.15) is 0 Å². The Hall–Kier alpha value is -2.21. The van der Waals surface area contributed by atoms with Crippen LogP contribution < -0.4 is 10.6 Å². The summed E-state index contributed by atoms with van der Waals surface area (Å²) in [7, 11) is 0. The molecule has 2 aliphatic rings. The largest absolute Gasteiger partial charge is 0.351 e. The molecule has 1 fully saturated rings. The highest BCUT2D eigenvalue weighted by atomic mass is 16.2. The molecule has 2 aromatic carbocycles. The van der Waals surface area contributed by atoms with Crippen LogP contribution in [0.15, 0.2) is 48.5 Å². The average molecular weight is 364 g/mol. The van der Waals surface area contributed by atoms with Gasteiger partial charge in [0, 0.05) is 52.4 Å². The molecule has 0 unspecified atom stereocenters. The number of amides is 1. The normalized spacial score (nSPS) is 17.6. The van der Waals surface area contributed by atoms with Gasteiger partial charge in [0.2, 0.25) is 5.91 Å². The summed E-state index contributed by atoms with van der Waals surface area (Å²) in [5.74, 6) is 0.116. The molecule has 2 aromatic rings. The minimum atomic E-state index is 0.116. The van der Waals surface area contributed by atoms with Crippen molar-refractivity contribution in [2.24, 2.45) is 0 Å². The Morgan fingerprint density at radius 3 is 2.44 bits per heavy atom. The molecule has 0 aromatic heterocycles. The highest BCUT2D eigenvalue weighted by molar-refractivity contribution is 5.78. The van der Waals surface area contributed by atoms with Gasteiger partial charge < -0.3 is 10.6 Å². The van der Waals surface area contributed by atoms with Crippen molar-refractivity contribution >= 4 is 5.91 Å². The van der Waals surface area contributed by atoms with Gasteiger partial charge in [0.15, 0.2) is 0 Å². The molecule has 1 amide bonds. The van der Waals surface area contributed by atoms with E-state index >= 15 is 0 Å². The number of nitrogens with zero attached hydrogens (tertiary/aromatic N) is 2. The molecule has 0 spiro atoms. The quantitative estimate of drug-likeness (QED) is 0.820. The van der Waals surface area contributed by atoms with Crippen LogP contribution in [0.5, 0.6) is 0 Å². The van der Waals surface area contributed by atoms with E-state index in [1.165, 1.54) is 22.3 Å². The third-order valence-corrected chi connectivity index (χ3v) is 5.47. The van der Waals surface area contributed by atoms with Crippen molar-refractivity contribution in [3.63, 3.8) is 0 Å². The first-order valence-electron chi connectivity index (χ1n) is 9.83. The van der Waals surface area contributed by atoms with E-state index in [0.29, 0.717) is 13.1 Å². The van der Waals surface area contributed by atoms with Crippen LogP contribution in [0.1, 0.15) is 22.3 Å². The van der Waals surface area contributed by atoms with Crippen molar-refractivity contribution in [1.82, 2.24) is 20.4 Å². The maximum Gasteiger partial charge on any atom is 0.234 e. The van der Waals surface area contributed by atoms with Gasteiger partial charge in [-0.15, -0.1) is 0 Å². The summed E-state index contributed by atoms with van der Waals surface area (Å²) >= 11 is 0. The van der Waals surface area contributed by atoms with Gasteiger partial charge in [-0.25, -0.2) is 0 Å². The molecule has 2 N–H and O–H groups in total. The van der Waals surface area contributed by atoms with Crippen molar-refractivity contribution < 1.29 is 4.79 Å². The van der Waals surface area contributed by atoms with E-state index in [-0.39, 0.29) is 5.91 Å². The standard InChI is InChI=1S/C22H28N4O/c27-22(24-13-19-6-7-20-14-23-15-21(20)12-19)17-26-10-8-25(9-11-26)16-18-4-2-1-3-5-18/h1-7,12,23H,8-11,13-17H2,(H,24,27). The fourth-order valence-electron chi connectivity index (χ4n) is 3.86. The Kier molecular flexibility index (Phi) is 5.82. The van der Waals surface area contributed by atoms with Crippen LogP contribution in [0.2, 0.25) is 0 Å². The molecule has 0 atom stereocenters. The van der Waals surface area contributed by atoms with E-state index in [2.05, 4.69) is 69.0 Å². The Morgan fingerprint density at radius 1 is 0.889 bits per heavy atom. The molecule has 0 aliphatic carbocycles. The first kappa shape index (κ1) is 18.2. The fourth-order valence-corrected chi connectivity index (χ4v) is 3.86. The number of carbonyl (C=O) groups excluding carboxylic acids is 1. The molecule has 142 valence electrons. The Morgan fingerprint density at radius 2 is 1.63 bits per heavy atom. The summed E-state index contributed by atoms with van der Waals surface area (Å²) in [6.45, 7) is 7.91. The number of piperazine rings is 1. The number of fused-ring (bicyclic) bond motifs is 1. The lowest BCUT2D eigenvalue weighted by Gasteiger charge is -2.34. The van der Waals surface area contributed by atoms with E-state index in [1.807, 2.05) is 0 Å². The monoisotopic (exact) mass is 364 g/mol. The molecule has 5 heteroatoms. The molecule has 2 aliphatic heterocycles. The summed E-state index contributed by atoms with van der Waals surface area (Å²) < 4.78 is 0. The molecule has 27 heavy (non-hydrogen) atoms. The lowest BCUT2D eigenvalue weighted by Crippen LogP contribution is -2.49. The maximum atomic E-state index is 12.3. The molecule has 0 bridgehead atoms. The zero-order valence-electron chi connectivity index (χ0n) is 15.8. The molecular formula is C22H28N4O. The van der Waals surface area contributed by atoms with Crippen molar-refractivity contribution in [2.45, 2.75) is 26.2 Å². The summed E-state index contributed by atoms with van der Waals surface area (Å²) in [6, 6.07) is 17.1. The SMILES string of the molecule is O=C(CN1CCN(Cc2ccccc2)CC1)NCc1ccc2c(c1)CNC2. The molecule has 1 saturated heterocycles. The molecule has 0 saturated carbocycles. The van der Waals surface area contributed by atoms with Crippen LogP contribution in [0.25, 0.3) is 0 Å². The van der Waals surface area contributed by atoms with Crippen LogP contribution in [-0.2, 0) is 31.0 Å². The van der Waals surface area contributed by atoms with Crippen LogP contribution in [0.4, 0.5) is 0 Å². The second-order valence-electron chi connectivity index (χ2n) is 7.52. The Bertz CT molecular complexity index is 769. The highest BCUT2D eigenvalue weighted by Gasteiger charge is 2.19. The number of hydrogen-bond donors (Lipinski definition) is 2. The number of hydrogen-bond acceptors (Lipinski definition) is 4. The molecule has 4 rings (SSSR count). The maximum absolute atomic E-state index is 12.3. The van der Waals surface area contributed by atoms with Gasteiger partial charge in [-0.1, -0.05) is 48.5 Å². The zero-order chi connectivity index (χ0) is 18.5. The second-order valence-corrected chi connectivity index (χ2v) is 7.52. The molecular weight excluding hydrogens is 336 g/mol. The van der Waals surface area contributed by atoms with Crippen LogP contribution in [0.3, 0.4) is 0 Å². The topological polar surface area (TPSA) is 47.6 Å². The Labute approximate surface area is 161 Å². The van der Waals surface area contributed by atoms with E-state index in [9.17, 15) is 4.79 Å². The van der Waals surface area contributed by atoms with Gasteiger partial charge in [-0.2, -0.15) is 0 Å². The van der Waals surface area contributed by atoms with E-state index < -0.39 is 0 Å². The van der Waals surface area contributed by atoms with Gasteiger partial charge in [-0.05, 0) is 22.3 Å². The van der Waals surface area contributed by atoms with E-state index in [0.717, 1.165) is 45.8 Å². The van der Waals surface area contributed by atoms with Crippen LogP contribution >= 0.6 is 0 Å². The van der Waals surface area contributed by atoms with Gasteiger partial charge in [0.25, 0.3) is 0 Å². The molecule has 2 heterocycles.